The topological polar surface area (TPSA) is 86.7 Å². The summed E-state index contributed by atoms with van der Waals surface area (Å²) in [6, 6.07) is 15.4. The highest BCUT2D eigenvalue weighted by Gasteiger charge is 2.21. The van der Waals surface area contributed by atoms with Gasteiger partial charge in [0.1, 0.15) is 17.6 Å². The van der Waals surface area contributed by atoms with Gasteiger partial charge >= 0.3 is 0 Å². The molecule has 0 radical (unpaired) electrons. The lowest BCUT2D eigenvalue weighted by atomic mass is 10.0. The first-order valence-corrected chi connectivity index (χ1v) is 10.9. The number of benzene rings is 2. The number of aliphatic hydroxyl groups is 1. The number of carbonyl (C=O) groups is 1. The lowest BCUT2D eigenvalue weighted by molar-refractivity contribution is -0.178. The van der Waals surface area contributed by atoms with Crippen molar-refractivity contribution in [1.82, 2.24) is 5.06 Å². The molecule has 2 aromatic rings. The van der Waals surface area contributed by atoms with Crippen molar-refractivity contribution in [2.45, 2.75) is 32.2 Å². The first-order chi connectivity index (χ1) is 16.0. The maximum atomic E-state index is 12.1. The van der Waals surface area contributed by atoms with E-state index in [1.54, 1.807) is 14.2 Å². The molecule has 1 N–H and O–H groups in total. The number of hydrogen-bond donors (Lipinski definition) is 1. The van der Waals surface area contributed by atoms with Gasteiger partial charge in [-0.25, -0.2) is 5.06 Å². The van der Waals surface area contributed by atoms with Crippen molar-refractivity contribution in [3.05, 3.63) is 59.7 Å². The van der Waals surface area contributed by atoms with Crippen LogP contribution in [0.3, 0.4) is 0 Å². The van der Waals surface area contributed by atoms with Gasteiger partial charge < -0.3 is 24.1 Å². The molecule has 1 unspecified atom stereocenters. The fraction of sp³-hybridized carbons (Fsp3) is 0.480. The molecule has 2 aromatic carbocycles. The Morgan fingerprint density at radius 3 is 1.67 bits per heavy atom. The van der Waals surface area contributed by atoms with Crippen molar-refractivity contribution in [3.8, 4) is 11.5 Å². The van der Waals surface area contributed by atoms with Crippen molar-refractivity contribution in [1.29, 1.82) is 0 Å². The molecule has 2 rings (SSSR count). The Bertz CT molecular complexity index is 757. The van der Waals surface area contributed by atoms with Gasteiger partial charge in [-0.15, -0.1) is 0 Å². The minimum absolute atomic E-state index is 0.0109. The molecule has 0 aliphatic carbocycles. The van der Waals surface area contributed by atoms with Gasteiger partial charge in [-0.2, -0.15) is 0 Å². The number of carbonyl (C=O) groups excluding carboxylic acids is 1. The van der Waals surface area contributed by atoms with E-state index < -0.39 is 12.0 Å². The number of amides is 1. The number of aliphatic hydroxyl groups excluding tert-OH is 1. The molecule has 0 fully saturated rings. The minimum Gasteiger partial charge on any atom is -0.497 e. The Labute approximate surface area is 195 Å². The highest BCUT2D eigenvalue weighted by Crippen LogP contribution is 2.17. The van der Waals surface area contributed by atoms with E-state index in [-0.39, 0.29) is 12.3 Å². The molecule has 1 amide bonds. The summed E-state index contributed by atoms with van der Waals surface area (Å²) in [6.45, 7) is 1.78. The van der Waals surface area contributed by atoms with E-state index in [0.29, 0.717) is 32.8 Å². The summed E-state index contributed by atoms with van der Waals surface area (Å²) in [4.78, 5) is 16.9. The maximum Gasteiger partial charge on any atom is 0.274 e. The Balaban J connectivity index is 1.87. The molecule has 33 heavy (non-hydrogen) atoms. The number of ether oxygens (including phenoxy) is 4. The molecule has 0 heterocycles. The van der Waals surface area contributed by atoms with E-state index in [2.05, 4.69) is 0 Å². The van der Waals surface area contributed by atoms with Crippen molar-refractivity contribution < 1.29 is 33.7 Å². The van der Waals surface area contributed by atoms with Crippen LogP contribution in [-0.2, 0) is 32.3 Å². The Hall–Kier alpha value is -2.65. The molecule has 0 bridgehead atoms. The number of likely N-dealkylation sites (N-methyl/N-ethyl adjacent to an activating group) is 1. The predicted octanol–water partition coefficient (Wildman–Crippen LogP) is 3.21. The van der Waals surface area contributed by atoms with Crippen LogP contribution in [0.4, 0.5) is 0 Å². The molecule has 0 aliphatic heterocycles. The molecule has 0 aliphatic rings. The van der Waals surface area contributed by atoms with E-state index in [9.17, 15) is 9.90 Å². The van der Waals surface area contributed by atoms with E-state index >= 15 is 0 Å². The highest BCUT2D eigenvalue weighted by atomic mass is 16.7. The summed E-state index contributed by atoms with van der Waals surface area (Å²) in [5, 5.41) is 11.2. The van der Waals surface area contributed by atoms with Crippen LogP contribution in [-0.4, -0.2) is 63.8 Å². The van der Waals surface area contributed by atoms with Crippen LogP contribution in [0.1, 0.15) is 24.0 Å². The van der Waals surface area contributed by atoms with Crippen molar-refractivity contribution in [2.24, 2.45) is 5.92 Å². The second kappa shape index (κ2) is 14.5. The first kappa shape index (κ1) is 26.6. The third-order valence-corrected chi connectivity index (χ3v) is 5.28. The maximum absolute atomic E-state index is 12.1. The lowest BCUT2D eigenvalue weighted by Crippen LogP contribution is -2.36. The van der Waals surface area contributed by atoms with Crippen LogP contribution in [0, 0.1) is 5.92 Å². The van der Waals surface area contributed by atoms with Crippen LogP contribution >= 0.6 is 0 Å². The van der Waals surface area contributed by atoms with E-state index in [4.69, 9.17) is 23.8 Å². The Kier molecular flexibility index (Phi) is 11.7. The Morgan fingerprint density at radius 1 is 0.818 bits per heavy atom. The van der Waals surface area contributed by atoms with Gasteiger partial charge in [0.2, 0.25) is 0 Å². The third-order valence-electron chi connectivity index (χ3n) is 5.28. The summed E-state index contributed by atoms with van der Waals surface area (Å²) in [5.74, 6) is 1.12. The second-order valence-electron chi connectivity index (χ2n) is 7.70. The van der Waals surface area contributed by atoms with Crippen LogP contribution in [0.2, 0.25) is 0 Å². The molecule has 0 aromatic heterocycles. The monoisotopic (exact) mass is 461 g/mol. The fourth-order valence-corrected chi connectivity index (χ4v) is 3.16. The zero-order chi connectivity index (χ0) is 24.1. The first-order valence-electron chi connectivity index (χ1n) is 10.9. The zero-order valence-electron chi connectivity index (χ0n) is 19.9. The fourth-order valence-electron chi connectivity index (χ4n) is 3.16. The molecule has 0 saturated heterocycles. The summed E-state index contributed by atoms with van der Waals surface area (Å²) in [5.41, 5.74) is 2.07. The predicted molar refractivity (Wildman–Crippen MR) is 124 cm³/mol. The van der Waals surface area contributed by atoms with Gasteiger partial charge in [-0.3, -0.25) is 9.63 Å². The third kappa shape index (κ3) is 9.39. The van der Waals surface area contributed by atoms with Gasteiger partial charge in [0, 0.05) is 13.0 Å². The SMILES string of the molecule is COc1ccc(COCC(CCC(O)C(=O)N(C)OC)COCc2ccc(OC)cc2)cc1. The van der Waals surface area contributed by atoms with Crippen LogP contribution in [0.5, 0.6) is 11.5 Å². The average Bonchev–Trinajstić information content (AvgIpc) is 2.86. The van der Waals surface area contributed by atoms with Crippen molar-refractivity contribution in [3.63, 3.8) is 0 Å². The molecule has 182 valence electrons. The van der Waals surface area contributed by atoms with Crippen LogP contribution in [0.25, 0.3) is 0 Å². The second-order valence-corrected chi connectivity index (χ2v) is 7.70. The average molecular weight is 462 g/mol. The van der Waals surface area contributed by atoms with Crippen molar-refractivity contribution >= 4 is 5.91 Å². The van der Waals surface area contributed by atoms with E-state index in [0.717, 1.165) is 27.7 Å². The molecule has 0 spiro atoms. The summed E-state index contributed by atoms with van der Waals surface area (Å²) in [7, 11) is 6.11. The van der Waals surface area contributed by atoms with Crippen LogP contribution in [0.15, 0.2) is 48.5 Å². The highest BCUT2D eigenvalue weighted by molar-refractivity contribution is 5.79. The molecular formula is C25H35NO7. The summed E-state index contributed by atoms with van der Waals surface area (Å²) < 4.78 is 22.2. The standard InChI is InChI=1S/C25H35NO7/c1-26(31-4)25(28)24(27)14-9-21(17-32-15-19-5-10-22(29-2)11-6-19)18-33-16-20-7-12-23(30-3)13-8-20/h5-8,10-13,21,24,27H,9,14-18H2,1-4H3. The van der Waals surface area contributed by atoms with Crippen LogP contribution < -0.4 is 9.47 Å². The molecule has 8 heteroatoms. The lowest BCUT2D eigenvalue weighted by Gasteiger charge is -2.21. The van der Waals surface area contributed by atoms with Gasteiger partial charge in [-0.1, -0.05) is 24.3 Å². The number of methoxy groups -OCH3 is 2. The molecule has 0 saturated carbocycles. The van der Waals surface area contributed by atoms with E-state index in [1.807, 2.05) is 48.5 Å². The van der Waals surface area contributed by atoms with Gasteiger partial charge in [0.25, 0.3) is 5.91 Å². The largest absolute Gasteiger partial charge is 0.497 e. The normalized spacial score (nSPS) is 11.9. The number of nitrogens with zero attached hydrogens (tertiary/aromatic N) is 1. The van der Waals surface area contributed by atoms with E-state index in [1.165, 1.54) is 14.2 Å². The Morgan fingerprint density at radius 2 is 1.27 bits per heavy atom. The number of hydroxylamine groups is 2. The minimum atomic E-state index is -1.14. The molecular weight excluding hydrogens is 426 g/mol. The number of hydrogen-bond acceptors (Lipinski definition) is 7. The summed E-state index contributed by atoms with van der Waals surface area (Å²) in [6.07, 6.45) is -0.286. The smallest absolute Gasteiger partial charge is 0.274 e. The zero-order valence-corrected chi connectivity index (χ0v) is 19.9. The quantitative estimate of drug-likeness (QED) is 0.408. The van der Waals surface area contributed by atoms with Crippen molar-refractivity contribution in [2.75, 3.05) is 41.6 Å². The number of rotatable bonds is 15. The van der Waals surface area contributed by atoms with Gasteiger partial charge in [0.15, 0.2) is 0 Å². The summed E-state index contributed by atoms with van der Waals surface area (Å²) >= 11 is 0. The van der Waals surface area contributed by atoms with Gasteiger partial charge in [-0.05, 0) is 48.2 Å². The molecule has 1 atom stereocenters. The van der Waals surface area contributed by atoms with Gasteiger partial charge in [0.05, 0.1) is 47.8 Å². The molecule has 8 nitrogen and oxygen atoms in total.